The van der Waals surface area contributed by atoms with Crippen LogP contribution in [0.15, 0.2) is 82.1 Å². The molecule has 0 fully saturated rings. The van der Waals surface area contributed by atoms with Crippen LogP contribution in [-0.2, 0) is 9.84 Å². The molecule has 1 N–H and O–H groups in total. The Bertz CT molecular complexity index is 1390. The van der Waals surface area contributed by atoms with Gasteiger partial charge in [0.15, 0.2) is 9.84 Å². The summed E-state index contributed by atoms with van der Waals surface area (Å²) < 4.78 is 29.0. The molecular formula is C25H23N3O4S. The molecule has 1 atom stereocenters. The molecule has 0 saturated heterocycles. The Morgan fingerprint density at radius 3 is 2.18 bits per heavy atom. The summed E-state index contributed by atoms with van der Waals surface area (Å²) in [6.07, 6.45) is 1.16. The molecule has 1 heterocycles. The minimum Gasteiger partial charge on any atom is -0.416 e. The van der Waals surface area contributed by atoms with E-state index in [0.717, 1.165) is 22.9 Å². The average molecular weight is 462 g/mol. The monoisotopic (exact) mass is 461 g/mol. The van der Waals surface area contributed by atoms with Gasteiger partial charge in [-0.3, -0.25) is 4.79 Å². The fourth-order valence-corrected chi connectivity index (χ4v) is 4.02. The smallest absolute Gasteiger partial charge is 0.251 e. The molecule has 168 valence electrons. The van der Waals surface area contributed by atoms with Crippen LogP contribution in [0, 0.1) is 6.92 Å². The van der Waals surface area contributed by atoms with Gasteiger partial charge >= 0.3 is 0 Å². The predicted octanol–water partition coefficient (Wildman–Crippen LogP) is 4.61. The lowest BCUT2D eigenvalue weighted by atomic mass is 10.1. The van der Waals surface area contributed by atoms with Crippen LogP contribution in [-0.4, -0.2) is 30.8 Å². The maximum Gasteiger partial charge on any atom is 0.251 e. The van der Waals surface area contributed by atoms with Crippen molar-refractivity contribution in [3.63, 3.8) is 0 Å². The Balaban J connectivity index is 1.45. The number of carbonyl (C=O) groups is 1. The molecule has 0 bridgehead atoms. The fourth-order valence-electron chi connectivity index (χ4n) is 3.39. The van der Waals surface area contributed by atoms with Gasteiger partial charge in [0.05, 0.1) is 10.9 Å². The van der Waals surface area contributed by atoms with Gasteiger partial charge in [0, 0.05) is 22.9 Å². The molecule has 8 heteroatoms. The van der Waals surface area contributed by atoms with Crippen LogP contribution < -0.4 is 5.32 Å². The molecule has 1 unspecified atom stereocenters. The summed E-state index contributed by atoms with van der Waals surface area (Å²) in [7, 11) is -3.26. The summed E-state index contributed by atoms with van der Waals surface area (Å²) >= 11 is 0. The van der Waals surface area contributed by atoms with Crippen molar-refractivity contribution in [3.05, 3.63) is 89.5 Å². The highest BCUT2D eigenvalue weighted by molar-refractivity contribution is 7.90. The van der Waals surface area contributed by atoms with Gasteiger partial charge < -0.3 is 9.73 Å². The van der Waals surface area contributed by atoms with Crippen LogP contribution in [0.4, 0.5) is 0 Å². The number of aromatic nitrogens is 2. The number of nitrogens with zero attached hydrogens (tertiary/aromatic N) is 2. The van der Waals surface area contributed by atoms with Gasteiger partial charge in [-0.1, -0.05) is 30.3 Å². The van der Waals surface area contributed by atoms with E-state index < -0.39 is 9.84 Å². The highest BCUT2D eigenvalue weighted by atomic mass is 32.2. The van der Waals surface area contributed by atoms with E-state index in [-0.39, 0.29) is 16.8 Å². The second kappa shape index (κ2) is 8.99. The first-order valence-electron chi connectivity index (χ1n) is 10.3. The van der Waals surface area contributed by atoms with E-state index in [1.165, 1.54) is 12.1 Å². The molecule has 0 saturated carbocycles. The maximum absolute atomic E-state index is 12.7. The summed E-state index contributed by atoms with van der Waals surface area (Å²) in [6.45, 7) is 3.82. The highest BCUT2D eigenvalue weighted by Crippen LogP contribution is 2.26. The third-order valence-corrected chi connectivity index (χ3v) is 6.48. The summed E-state index contributed by atoms with van der Waals surface area (Å²) in [5.74, 6) is 0.576. The van der Waals surface area contributed by atoms with E-state index in [0.29, 0.717) is 22.9 Å². The zero-order valence-electron chi connectivity index (χ0n) is 18.4. The maximum atomic E-state index is 12.7. The topological polar surface area (TPSA) is 102 Å². The number of rotatable bonds is 6. The Kier molecular flexibility index (Phi) is 6.11. The van der Waals surface area contributed by atoms with Gasteiger partial charge in [0.1, 0.15) is 0 Å². The molecule has 0 aliphatic rings. The van der Waals surface area contributed by atoms with Crippen molar-refractivity contribution < 1.29 is 17.6 Å². The van der Waals surface area contributed by atoms with Crippen molar-refractivity contribution in [3.8, 4) is 22.9 Å². The summed E-state index contributed by atoms with van der Waals surface area (Å²) in [5, 5.41) is 11.2. The molecule has 33 heavy (non-hydrogen) atoms. The highest BCUT2D eigenvalue weighted by Gasteiger charge is 2.15. The molecule has 3 aromatic carbocycles. The number of hydrogen-bond donors (Lipinski definition) is 1. The summed E-state index contributed by atoms with van der Waals surface area (Å²) in [5.41, 5.74) is 3.92. The molecule has 1 aromatic heterocycles. The van der Waals surface area contributed by atoms with Crippen LogP contribution >= 0.6 is 0 Å². The largest absolute Gasteiger partial charge is 0.416 e. The number of hydrogen-bond acceptors (Lipinski definition) is 6. The minimum atomic E-state index is -3.26. The fraction of sp³-hybridized carbons (Fsp3) is 0.160. The van der Waals surface area contributed by atoms with Crippen LogP contribution in [0.2, 0.25) is 0 Å². The molecule has 7 nitrogen and oxygen atoms in total. The Morgan fingerprint density at radius 2 is 1.55 bits per heavy atom. The van der Waals surface area contributed by atoms with E-state index >= 15 is 0 Å². The second-order valence-corrected chi connectivity index (χ2v) is 9.86. The van der Waals surface area contributed by atoms with Crippen LogP contribution in [0.5, 0.6) is 0 Å². The van der Waals surface area contributed by atoms with Crippen molar-refractivity contribution in [2.24, 2.45) is 0 Å². The summed E-state index contributed by atoms with van der Waals surface area (Å²) in [6, 6.07) is 20.9. The van der Waals surface area contributed by atoms with Crippen LogP contribution in [0.1, 0.15) is 34.5 Å². The third kappa shape index (κ3) is 5.01. The number of amides is 1. The second-order valence-electron chi connectivity index (χ2n) is 7.84. The van der Waals surface area contributed by atoms with Crippen molar-refractivity contribution in [1.82, 2.24) is 15.5 Å². The van der Waals surface area contributed by atoms with Gasteiger partial charge in [-0.15, -0.1) is 10.2 Å². The van der Waals surface area contributed by atoms with Crippen LogP contribution in [0.25, 0.3) is 22.9 Å². The first-order chi connectivity index (χ1) is 15.7. The standard InChI is InChI=1S/C25H23N3O4S/c1-16-6-4-5-7-22(16)25-28-27-24(32-25)20-10-8-19(9-11-20)23(29)26-17(2)18-12-14-21(15-13-18)33(3,30)31/h4-15,17H,1-3H3,(H,26,29). The van der Waals surface area contributed by atoms with Gasteiger partial charge in [-0.05, 0) is 67.4 Å². The normalized spacial score (nSPS) is 12.3. The van der Waals surface area contributed by atoms with E-state index in [4.69, 9.17) is 4.42 Å². The predicted molar refractivity (Wildman–Crippen MR) is 125 cm³/mol. The van der Waals surface area contributed by atoms with E-state index in [2.05, 4.69) is 15.5 Å². The lowest BCUT2D eigenvalue weighted by Gasteiger charge is -2.15. The molecular weight excluding hydrogens is 438 g/mol. The third-order valence-electron chi connectivity index (χ3n) is 5.35. The summed E-state index contributed by atoms with van der Waals surface area (Å²) in [4.78, 5) is 12.9. The molecule has 0 spiro atoms. The minimum absolute atomic E-state index is 0.243. The van der Waals surface area contributed by atoms with Crippen molar-refractivity contribution in [1.29, 1.82) is 0 Å². The van der Waals surface area contributed by atoms with Crippen molar-refractivity contribution in [2.75, 3.05) is 6.26 Å². The number of aryl methyl sites for hydroxylation is 1. The first-order valence-corrected chi connectivity index (χ1v) is 12.2. The molecule has 0 aliphatic carbocycles. The number of benzene rings is 3. The average Bonchev–Trinajstić information content (AvgIpc) is 3.29. The SMILES string of the molecule is Cc1ccccc1-c1nnc(-c2ccc(C(=O)NC(C)c3ccc(S(C)(=O)=O)cc3)cc2)o1. The van der Waals surface area contributed by atoms with Gasteiger partial charge in [0.25, 0.3) is 5.91 Å². The molecule has 4 rings (SSSR count). The Morgan fingerprint density at radius 1 is 0.909 bits per heavy atom. The molecule has 4 aromatic rings. The quantitative estimate of drug-likeness (QED) is 0.450. The van der Waals surface area contributed by atoms with Crippen LogP contribution in [0.3, 0.4) is 0 Å². The zero-order valence-corrected chi connectivity index (χ0v) is 19.3. The van der Waals surface area contributed by atoms with Crippen molar-refractivity contribution in [2.45, 2.75) is 24.8 Å². The molecule has 1 amide bonds. The number of sulfone groups is 1. The van der Waals surface area contributed by atoms with Gasteiger partial charge in [-0.2, -0.15) is 0 Å². The van der Waals surface area contributed by atoms with Gasteiger partial charge in [-0.25, -0.2) is 8.42 Å². The molecule has 0 radical (unpaired) electrons. The zero-order chi connectivity index (χ0) is 23.6. The van der Waals surface area contributed by atoms with E-state index in [1.54, 1.807) is 36.4 Å². The first kappa shape index (κ1) is 22.4. The van der Waals surface area contributed by atoms with Gasteiger partial charge in [0.2, 0.25) is 11.8 Å². The lowest BCUT2D eigenvalue weighted by Crippen LogP contribution is -2.26. The number of carbonyl (C=O) groups excluding carboxylic acids is 1. The van der Waals surface area contributed by atoms with E-state index in [9.17, 15) is 13.2 Å². The Hall–Kier alpha value is -3.78. The Labute approximate surface area is 192 Å². The van der Waals surface area contributed by atoms with Crippen molar-refractivity contribution >= 4 is 15.7 Å². The lowest BCUT2D eigenvalue weighted by molar-refractivity contribution is 0.0940. The number of nitrogens with one attached hydrogen (secondary N) is 1. The van der Waals surface area contributed by atoms with E-state index in [1.807, 2.05) is 38.1 Å². The molecule has 0 aliphatic heterocycles.